The summed E-state index contributed by atoms with van der Waals surface area (Å²) in [5, 5.41) is 2.80. The molecule has 104 valence electrons. The molecule has 4 nitrogen and oxygen atoms in total. The zero-order valence-corrected chi connectivity index (χ0v) is 11.6. The Kier molecular flexibility index (Phi) is 4.35. The second kappa shape index (κ2) is 6.19. The monoisotopic (exact) mass is 270 g/mol. The van der Waals surface area contributed by atoms with Gasteiger partial charge in [0.15, 0.2) is 0 Å². The lowest BCUT2D eigenvalue weighted by Crippen LogP contribution is -2.14. The molecule has 0 bridgehead atoms. The summed E-state index contributed by atoms with van der Waals surface area (Å²) < 4.78 is 0. The highest BCUT2D eigenvalue weighted by Crippen LogP contribution is 2.20. The molecule has 0 spiro atoms. The third kappa shape index (κ3) is 3.35. The zero-order valence-electron chi connectivity index (χ0n) is 11.6. The minimum absolute atomic E-state index is 0.223. The lowest BCUT2D eigenvalue weighted by atomic mass is 9.99. The molecule has 0 aliphatic rings. The summed E-state index contributed by atoms with van der Waals surface area (Å²) in [5.41, 5.74) is 2.21. The molecule has 1 aromatic carbocycles. The molecular formula is C16H18N2O2. The smallest absolute Gasteiger partial charge is 0.257 e. The van der Waals surface area contributed by atoms with Crippen molar-refractivity contribution in [2.75, 3.05) is 5.32 Å². The number of carbonyl (C=O) groups is 1. The summed E-state index contributed by atoms with van der Waals surface area (Å²) in [5.74, 6) is 0.275. The van der Waals surface area contributed by atoms with Crippen LogP contribution < -0.4 is 10.9 Å². The molecule has 2 aromatic rings. The highest BCUT2D eigenvalue weighted by molar-refractivity contribution is 6.03. The number of amides is 1. The first-order valence-corrected chi connectivity index (χ1v) is 6.70. The highest BCUT2D eigenvalue weighted by Gasteiger charge is 2.07. The number of aromatic nitrogens is 1. The van der Waals surface area contributed by atoms with Gasteiger partial charge in [-0.05, 0) is 36.1 Å². The number of pyridine rings is 1. The standard InChI is InChI=1S/C16H18N2O2/c1-3-11(2)12-4-7-14(8-5-12)18-16(20)13-6-9-15(19)17-10-13/h4-11H,3H2,1-2H3,(H,17,19)(H,18,20)/t11-/m0/s1. The van der Waals surface area contributed by atoms with Gasteiger partial charge in [-0.2, -0.15) is 0 Å². The van der Waals surface area contributed by atoms with Crippen molar-refractivity contribution in [3.05, 3.63) is 64.1 Å². The van der Waals surface area contributed by atoms with E-state index in [0.717, 1.165) is 12.1 Å². The minimum atomic E-state index is -0.238. The molecule has 20 heavy (non-hydrogen) atoms. The van der Waals surface area contributed by atoms with Gasteiger partial charge in [-0.1, -0.05) is 26.0 Å². The van der Waals surface area contributed by atoms with Crippen molar-refractivity contribution < 1.29 is 4.79 Å². The van der Waals surface area contributed by atoms with Gasteiger partial charge in [-0.3, -0.25) is 9.59 Å². The maximum absolute atomic E-state index is 12.0. The van der Waals surface area contributed by atoms with E-state index < -0.39 is 0 Å². The number of nitrogens with one attached hydrogen (secondary N) is 2. The molecule has 0 radical (unpaired) electrons. The Hall–Kier alpha value is -2.36. The molecule has 2 rings (SSSR count). The van der Waals surface area contributed by atoms with Gasteiger partial charge in [-0.15, -0.1) is 0 Å². The molecule has 2 N–H and O–H groups in total. The van der Waals surface area contributed by atoms with E-state index >= 15 is 0 Å². The molecule has 1 atom stereocenters. The van der Waals surface area contributed by atoms with Crippen molar-refractivity contribution in [2.45, 2.75) is 26.2 Å². The van der Waals surface area contributed by atoms with Crippen LogP contribution in [0, 0.1) is 0 Å². The maximum Gasteiger partial charge on any atom is 0.257 e. The van der Waals surface area contributed by atoms with E-state index in [-0.39, 0.29) is 11.5 Å². The number of aromatic amines is 1. The van der Waals surface area contributed by atoms with Gasteiger partial charge >= 0.3 is 0 Å². The van der Waals surface area contributed by atoms with E-state index in [9.17, 15) is 9.59 Å². The van der Waals surface area contributed by atoms with Crippen LogP contribution in [0.1, 0.15) is 42.1 Å². The van der Waals surface area contributed by atoms with Crippen LogP contribution in [0.3, 0.4) is 0 Å². The van der Waals surface area contributed by atoms with Crippen molar-refractivity contribution in [1.82, 2.24) is 4.98 Å². The molecule has 1 heterocycles. The summed E-state index contributed by atoms with van der Waals surface area (Å²) >= 11 is 0. The summed E-state index contributed by atoms with van der Waals surface area (Å²) in [6.45, 7) is 4.32. The lowest BCUT2D eigenvalue weighted by Gasteiger charge is -2.10. The van der Waals surface area contributed by atoms with Gasteiger partial charge in [0.05, 0.1) is 5.56 Å². The Morgan fingerprint density at radius 1 is 1.20 bits per heavy atom. The molecule has 0 fully saturated rings. The summed E-state index contributed by atoms with van der Waals surface area (Å²) in [6.07, 6.45) is 2.49. The number of hydrogen-bond donors (Lipinski definition) is 2. The third-order valence-electron chi connectivity index (χ3n) is 3.40. The highest BCUT2D eigenvalue weighted by atomic mass is 16.1. The Balaban J connectivity index is 2.08. The molecule has 1 amide bonds. The van der Waals surface area contributed by atoms with Crippen LogP contribution in [-0.4, -0.2) is 10.9 Å². The maximum atomic E-state index is 12.0. The van der Waals surface area contributed by atoms with Crippen molar-refractivity contribution >= 4 is 11.6 Å². The molecule has 4 heteroatoms. The largest absolute Gasteiger partial charge is 0.328 e. The van der Waals surface area contributed by atoms with Gasteiger partial charge < -0.3 is 10.3 Å². The molecule has 0 saturated heterocycles. The predicted octanol–water partition coefficient (Wildman–Crippen LogP) is 3.14. The SMILES string of the molecule is CC[C@H](C)c1ccc(NC(=O)c2ccc(=O)[nH]c2)cc1. The van der Waals surface area contributed by atoms with Gasteiger partial charge in [0, 0.05) is 18.0 Å². The topological polar surface area (TPSA) is 62.0 Å². The number of hydrogen-bond acceptors (Lipinski definition) is 2. The summed E-state index contributed by atoms with van der Waals surface area (Å²) in [6, 6.07) is 10.7. The van der Waals surface area contributed by atoms with Gasteiger partial charge in [-0.25, -0.2) is 0 Å². The summed E-state index contributed by atoms with van der Waals surface area (Å²) in [4.78, 5) is 25.4. The Morgan fingerprint density at radius 3 is 2.45 bits per heavy atom. The van der Waals surface area contributed by atoms with E-state index in [0.29, 0.717) is 11.5 Å². The lowest BCUT2D eigenvalue weighted by molar-refractivity contribution is 0.102. The second-order valence-electron chi connectivity index (χ2n) is 4.83. The fourth-order valence-electron chi connectivity index (χ4n) is 1.89. The van der Waals surface area contributed by atoms with Crippen LogP contribution in [0.4, 0.5) is 5.69 Å². The van der Waals surface area contributed by atoms with Crippen molar-refractivity contribution in [1.29, 1.82) is 0 Å². The van der Waals surface area contributed by atoms with E-state index in [4.69, 9.17) is 0 Å². The fourth-order valence-corrected chi connectivity index (χ4v) is 1.89. The number of carbonyl (C=O) groups excluding carboxylic acids is 1. The first-order chi connectivity index (χ1) is 9.60. The van der Waals surface area contributed by atoms with Crippen LogP contribution in [0.2, 0.25) is 0 Å². The Morgan fingerprint density at radius 2 is 1.90 bits per heavy atom. The molecule has 0 unspecified atom stereocenters. The number of benzene rings is 1. The van der Waals surface area contributed by atoms with Gasteiger partial charge in [0.25, 0.3) is 5.91 Å². The summed E-state index contributed by atoms with van der Waals surface area (Å²) in [7, 11) is 0. The van der Waals surface area contributed by atoms with Crippen LogP contribution in [0.25, 0.3) is 0 Å². The van der Waals surface area contributed by atoms with Crippen molar-refractivity contribution in [3.63, 3.8) is 0 Å². The van der Waals surface area contributed by atoms with Crippen LogP contribution in [0.5, 0.6) is 0 Å². The van der Waals surface area contributed by atoms with E-state index in [2.05, 4.69) is 24.1 Å². The average Bonchev–Trinajstić information content (AvgIpc) is 2.48. The van der Waals surface area contributed by atoms with E-state index in [1.54, 1.807) is 0 Å². The van der Waals surface area contributed by atoms with Crippen molar-refractivity contribution in [2.24, 2.45) is 0 Å². The zero-order chi connectivity index (χ0) is 14.5. The fraction of sp³-hybridized carbons (Fsp3) is 0.250. The Labute approximate surface area is 117 Å². The quantitative estimate of drug-likeness (QED) is 0.896. The third-order valence-corrected chi connectivity index (χ3v) is 3.40. The first-order valence-electron chi connectivity index (χ1n) is 6.70. The Bertz CT molecular complexity index is 624. The second-order valence-corrected chi connectivity index (χ2v) is 4.83. The molecule has 1 aromatic heterocycles. The first kappa shape index (κ1) is 14.1. The normalized spacial score (nSPS) is 11.9. The molecule has 0 aliphatic carbocycles. The van der Waals surface area contributed by atoms with Crippen LogP contribution >= 0.6 is 0 Å². The van der Waals surface area contributed by atoms with Gasteiger partial charge in [0.1, 0.15) is 0 Å². The van der Waals surface area contributed by atoms with Crippen LogP contribution in [-0.2, 0) is 0 Å². The number of rotatable bonds is 4. The molecular weight excluding hydrogens is 252 g/mol. The number of H-pyrrole nitrogens is 1. The molecule has 0 saturated carbocycles. The van der Waals surface area contributed by atoms with E-state index in [1.807, 2.05) is 24.3 Å². The minimum Gasteiger partial charge on any atom is -0.328 e. The average molecular weight is 270 g/mol. The van der Waals surface area contributed by atoms with E-state index in [1.165, 1.54) is 23.9 Å². The predicted molar refractivity (Wildman–Crippen MR) is 80.2 cm³/mol. The molecule has 0 aliphatic heterocycles. The number of anilines is 1. The van der Waals surface area contributed by atoms with Gasteiger partial charge in [0.2, 0.25) is 5.56 Å². The van der Waals surface area contributed by atoms with Crippen LogP contribution in [0.15, 0.2) is 47.4 Å². The van der Waals surface area contributed by atoms with Crippen molar-refractivity contribution in [3.8, 4) is 0 Å².